The second-order valence-corrected chi connectivity index (χ2v) is 4.44. The van der Waals surface area contributed by atoms with E-state index in [4.69, 9.17) is 5.73 Å². The fraction of sp³-hybridized carbons (Fsp3) is 0.364. The molecule has 0 aliphatic carbocycles. The van der Waals surface area contributed by atoms with Gasteiger partial charge in [-0.2, -0.15) is 11.8 Å². The highest BCUT2D eigenvalue weighted by molar-refractivity contribution is 7.98. The van der Waals surface area contributed by atoms with E-state index in [1.807, 2.05) is 6.26 Å². The van der Waals surface area contributed by atoms with Gasteiger partial charge in [-0.25, -0.2) is 4.39 Å². The summed E-state index contributed by atoms with van der Waals surface area (Å²) in [7, 11) is 1.72. The van der Waals surface area contributed by atoms with E-state index < -0.39 is 5.82 Å². The van der Waals surface area contributed by atoms with Crippen LogP contribution in [0.3, 0.4) is 0 Å². The van der Waals surface area contributed by atoms with Crippen molar-refractivity contribution in [1.82, 2.24) is 4.90 Å². The number of amides is 1. The number of anilines is 1. The lowest BCUT2D eigenvalue weighted by Gasteiger charge is -2.16. The molecule has 0 saturated heterocycles. The first-order valence-electron chi connectivity index (χ1n) is 4.85. The van der Waals surface area contributed by atoms with Gasteiger partial charge in [0.1, 0.15) is 5.82 Å². The maximum Gasteiger partial charge on any atom is 0.253 e. The van der Waals surface area contributed by atoms with Crippen molar-refractivity contribution < 1.29 is 9.18 Å². The SMILES string of the molecule is CSCCN(C)C(=O)c1ccc(F)c(N)c1. The number of halogens is 1. The third kappa shape index (κ3) is 3.13. The number of rotatable bonds is 4. The quantitative estimate of drug-likeness (QED) is 0.819. The third-order valence-corrected chi connectivity index (χ3v) is 2.81. The van der Waals surface area contributed by atoms with Crippen LogP contribution in [0.25, 0.3) is 0 Å². The van der Waals surface area contributed by atoms with Crippen molar-refractivity contribution in [2.24, 2.45) is 0 Å². The van der Waals surface area contributed by atoms with E-state index in [2.05, 4.69) is 0 Å². The number of nitrogen functional groups attached to an aromatic ring is 1. The number of hydrogen-bond acceptors (Lipinski definition) is 3. The summed E-state index contributed by atoms with van der Waals surface area (Å²) in [6, 6.07) is 4.03. The number of nitrogens with two attached hydrogens (primary N) is 1. The lowest BCUT2D eigenvalue weighted by atomic mass is 10.1. The minimum atomic E-state index is -0.497. The Morgan fingerprint density at radius 3 is 2.81 bits per heavy atom. The highest BCUT2D eigenvalue weighted by atomic mass is 32.2. The zero-order valence-corrected chi connectivity index (χ0v) is 10.2. The van der Waals surface area contributed by atoms with Gasteiger partial charge in [-0.05, 0) is 24.5 Å². The number of carbonyl (C=O) groups excluding carboxylic acids is 1. The minimum Gasteiger partial charge on any atom is -0.396 e. The summed E-state index contributed by atoms with van der Waals surface area (Å²) < 4.78 is 12.9. The summed E-state index contributed by atoms with van der Waals surface area (Å²) in [5.41, 5.74) is 5.83. The summed E-state index contributed by atoms with van der Waals surface area (Å²) in [6.07, 6.45) is 1.98. The molecule has 0 aromatic heterocycles. The van der Waals surface area contributed by atoms with Gasteiger partial charge in [0.05, 0.1) is 5.69 Å². The Morgan fingerprint density at radius 1 is 1.56 bits per heavy atom. The predicted octanol–water partition coefficient (Wildman–Crippen LogP) is 1.84. The van der Waals surface area contributed by atoms with Crippen LogP contribution in [0.2, 0.25) is 0 Å². The number of benzene rings is 1. The molecule has 0 saturated carbocycles. The fourth-order valence-electron chi connectivity index (χ4n) is 1.23. The van der Waals surface area contributed by atoms with Crippen LogP contribution < -0.4 is 5.73 Å². The van der Waals surface area contributed by atoms with Gasteiger partial charge in [0, 0.05) is 24.9 Å². The lowest BCUT2D eigenvalue weighted by Crippen LogP contribution is -2.28. The van der Waals surface area contributed by atoms with Gasteiger partial charge in [0.15, 0.2) is 0 Å². The largest absolute Gasteiger partial charge is 0.396 e. The number of hydrogen-bond donors (Lipinski definition) is 1. The molecule has 1 amide bonds. The Labute approximate surface area is 98.8 Å². The van der Waals surface area contributed by atoms with E-state index in [0.717, 1.165) is 5.75 Å². The normalized spacial score (nSPS) is 10.2. The van der Waals surface area contributed by atoms with Crippen LogP contribution in [-0.4, -0.2) is 36.4 Å². The molecule has 0 radical (unpaired) electrons. The number of carbonyl (C=O) groups is 1. The Morgan fingerprint density at radius 2 is 2.25 bits per heavy atom. The molecule has 2 N–H and O–H groups in total. The van der Waals surface area contributed by atoms with Crippen molar-refractivity contribution in [2.75, 3.05) is 31.3 Å². The Hall–Kier alpha value is -1.23. The molecule has 0 aliphatic heterocycles. The molecule has 88 valence electrons. The number of nitrogens with zero attached hydrogens (tertiary/aromatic N) is 1. The first-order valence-corrected chi connectivity index (χ1v) is 6.25. The molecule has 16 heavy (non-hydrogen) atoms. The topological polar surface area (TPSA) is 46.3 Å². The van der Waals surface area contributed by atoms with Crippen LogP contribution in [0, 0.1) is 5.82 Å². The molecule has 0 spiro atoms. The molecule has 0 atom stereocenters. The second kappa shape index (κ2) is 5.75. The van der Waals surface area contributed by atoms with Crippen molar-refractivity contribution >= 4 is 23.4 Å². The van der Waals surface area contributed by atoms with Gasteiger partial charge >= 0.3 is 0 Å². The van der Waals surface area contributed by atoms with Gasteiger partial charge in [0.2, 0.25) is 0 Å². The van der Waals surface area contributed by atoms with Gasteiger partial charge in [-0.15, -0.1) is 0 Å². The highest BCUT2D eigenvalue weighted by Gasteiger charge is 2.12. The van der Waals surface area contributed by atoms with Gasteiger partial charge < -0.3 is 10.6 Å². The smallest absolute Gasteiger partial charge is 0.253 e. The lowest BCUT2D eigenvalue weighted by molar-refractivity contribution is 0.0804. The minimum absolute atomic E-state index is 0.00381. The first kappa shape index (κ1) is 12.8. The Kier molecular flexibility index (Phi) is 4.61. The van der Waals surface area contributed by atoms with E-state index in [0.29, 0.717) is 12.1 Å². The summed E-state index contributed by atoms with van der Waals surface area (Å²) in [5.74, 6) is 0.239. The molecular formula is C11H15FN2OS. The van der Waals surface area contributed by atoms with Gasteiger partial charge in [0.25, 0.3) is 5.91 Å². The molecule has 0 bridgehead atoms. The standard InChI is InChI=1S/C11H15FN2OS/c1-14(5-6-16-2)11(15)8-3-4-9(12)10(13)7-8/h3-4,7H,5-6,13H2,1-2H3. The van der Waals surface area contributed by atoms with Crippen LogP contribution in [0.1, 0.15) is 10.4 Å². The predicted molar refractivity (Wildman–Crippen MR) is 66.2 cm³/mol. The van der Waals surface area contributed by atoms with Crippen LogP contribution in [0.15, 0.2) is 18.2 Å². The van der Waals surface area contributed by atoms with Crippen molar-refractivity contribution in [3.8, 4) is 0 Å². The van der Waals surface area contributed by atoms with Crippen LogP contribution in [0.5, 0.6) is 0 Å². The molecule has 0 heterocycles. The zero-order chi connectivity index (χ0) is 12.1. The van der Waals surface area contributed by atoms with Crippen LogP contribution in [0.4, 0.5) is 10.1 Å². The van der Waals surface area contributed by atoms with Gasteiger partial charge in [-0.1, -0.05) is 0 Å². The summed E-state index contributed by atoms with van der Waals surface area (Å²) >= 11 is 1.67. The molecule has 3 nitrogen and oxygen atoms in total. The molecule has 1 aromatic rings. The third-order valence-electron chi connectivity index (χ3n) is 2.22. The van der Waals surface area contributed by atoms with E-state index in [1.54, 1.807) is 23.7 Å². The molecule has 0 unspecified atom stereocenters. The molecular weight excluding hydrogens is 227 g/mol. The van der Waals surface area contributed by atoms with Crippen molar-refractivity contribution in [1.29, 1.82) is 0 Å². The fourth-order valence-corrected chi connectivity index (χ4v) is 1.68. The molecule has 0 fully saturated rings. The number of thioether (sulfide) groups is 1. The summed E-state index contributed by atoms with van der Waals surface area (Å²) in [4.78, 5) is 13.5. The maximum atomic E-state index is 12.9. The van der Waals surface area contributed by atoms with E-state index >= 15 is 0 Å². The monoisotopic (exact) mass is 242 g/mol. The van der Waals surface area contributed by atoms with Crippen LogP contribution >= 0.6 is 11.8 Å². The summed E-state index contributed by atoms with van der Waals surface area (Å²) in [5, 5.41) is 0. The molecule has 0 aliphatic rings. The zero-order valence-electron chi connectivity index (χ0n) is 9.37. The van der Waals surface area contributed by atoms with E-state index in [1.165, 1.54) is 18.2 Å². The molecule has 1 rings (SSSR count). The first-order chi connectivity index (χ1) is 7.56. The van der Waals surface area contributed by atoms with Gasteiger partial charge in [-0.3, -0.25) is 4.79 Å². The molecule has 5 heteroatoms. The average molecular weight is 242 g/mol. The van der Waals surface area contributed by atoms with E-state index in [-0.39, 0.29) is 11.6 Å². The summed E-state index contributed by atoms with van der Waals surface area (Å²) in [6.45, 7) is 0.664. The van der Waals surface area contributed by atoms with Crippen molar-refractivity contribution in [3.63, 3.8) is 0 Å². The average Bonchev–Trinajstić information content (AvgIpc) is 2.28. The van der Waals surface area contributed by atoms with E-state index in [9.17, 15) is 9.18 Å². The van der Waals surface area contributed by atoms with Crippen LogP contribution in [-0.2, 0) is 0 Å². The van der Waals surface area contributed by atoms with Crippen molar-refractivity contribution in [2.45, 2.75) is 0 Å². The maximum absolute atomic E-state index is 12.9. The Bertz CT molecular complexity index is 384. The highest BCUT2D eigenvalue weighted by Crippen LogP contribution is 2.13. The van der Waals surface area contributed by atoms with Crippen molar-refractivity contribution in [3.05, 3.63) is 29.6 Å². The molecule has 1 aromatic carbocycles. The second-order valence-electron chi connectivity index (χ2n) is 3.46. The Balaban J connectivity index is 2.76.